The van der Waals surface area contributed by atoms with Crippen LogP contribution in [0.4, 0.5) is 5.69 Å². The minimum Gasteiger partial charge on any atom is -0.493 e. The van der Waals surface area contributed by atoms with Gasteiger partial charge in [-0.3, -0.25) is 14.9 Å². The number of nitro benzene ring substituents is 1. The molecule has 0 spiro atoms. The van der Waals surface area contributed by atoms with Crippen molar-refractivity contribution in [3.8, 4) is 23.0 Å². The number of hydrogen-bond donors (Lipinski definition) is 2. The molecule has 0 saturated heterocycles. The summed E-state index contributed by atoms with van der Waals surface area (Å²) in [5.74, 6) is -0.138. The van der Waals surface area contributed by atoms with E-state index in [1.807, 2.05) is 37.3 Å². The predicted octanol–water partition coefficient (Wildman–Crippen LogP) is 4.37. The summed E-state index contributed by atoms with van der Waals surface area (Å²) in [7, 11) is 0. The quantitative estimate of drug-likeness (QED) is 0.184. The topological polar surface area (TPSA) is 154 Å². The summed E-state index contributed by atoms with van der Waals surface area (Å²) >= 11 is 0. The average molecular weight is 546 g/mol. The van der Waals surface area contributed by atoms with E-state index in [-0.39, 0.29) is 17.9 Å². The molecule has 0 saturated carbocycles. The number of amides is 1. The monoisotopic (exact) mass is 545 g/mol. The Hall–Kier alpha value is -5.19. The van der Waals surface area contributed by atoms with Crippen LogP contribution in [0.3, 0.4) is 0 Å². The highest BCUT2D eigenvalue weighted by Gasteiger charge is 2.22. The number of carboxylic acids is 1. The Morgan fingerprint density at radius 2 is 1.73 bits per heavy atom. The lowest BCUT2D eigenvalue weighted by molar-refractivity contribution is -0.385. The van der Waals surface area contributed by atoms with E-state index in [1.54, 1.807) is 24.3 Å². The fourth-order valence-corrected chi connectivity index (χ4v) is 3.90. The van der Waals surface area contributed by atoms with E-state index in [2.05, 4.69) is 10.3 Å². The van der Waals surface area contributed by atoms with E-state index in [0.29, 0.717) is 30.2 Å². The fourth-order valence-electron chi connectivity index (χ4n) is 3.90. The first-order valence-electron chi connectivity index (χ1n) is 12.4. The molecule has 1 heterocycles. The van der Waals surface area contributed by atoms with Crippen molar-refractivity contribution in [2.75, 3.05) is 13.2 Å². The van der Waals surface area contributed by atoms with Crippen LogP contribution in [0.15, 0.2) is 83.3 Å². The number of oxazole rings is 1. The molecule has 4 aromatic rings. The lowest BCUT2D eigenvalue weighted by Gasteiger charge is -2.15. The third kappa shape index (κ3) is 7.44. The van der Waals surface area contributed by atoms with E-state index in [9.17, 15) is 24.8 Å². The zero-order chi connectivity index (χ0) is 28.5. The van der Waals surface area contributed by atoms with Gasteiger partial charge in [-0.1, -0.05) is 42.5 Å². The van der Waals surface area contributed by atoms with Crippen molar-refractivity contribution in [2.45, 2.75) is 25.8 Å². The molecule has 40 heavy (non-hydrogen) atoms. The van der Waals surface area contributed by atoms with Gasteiger partial charge in [-0.15, -0.1) is 0 Å². The lowest BCUT2D eigenvalue weighted by atomic mass is 10.1. The van der Waals surface area contributed by atoms with Crippen molar-refractivity contribution >= 4 is 17.6 Å². The van der Waals surface area contributed by atoms with E-state index < -0.39 is 29.4 Å². The summed E-state index contributed by atoms with van der Waals surface area (Å²) in [6.07, 6.45) is 0.568. The number of aromatic nitrogens is 1. The summed E-state index contributed by atoms with van der Waals surface area (Å²) < 4.78 is 16.8. The third-order valence-electron chi connectivity index (χ3n) is 5.94. The van der Waals surface area contributed by atoms with Crippen LogP contribution < -0.4 is 14.8 Å². The Bertz CT molecular complexity index is 1470. The minimum atomic E-state index is -1.22. The molecule has 1 unspecified atom stereocenters. The number of aryl methyl sites for hydroxylation is 1. The second-order valence-electron chi connectivity index (χ2n) is 8.81. The van der Waals surface area contributed by atoms with E-state index in [0.717, 1.165) is 17.0 Å². The zero-order valence-electron chi connectivity index (χ0n) is 21.6. The molecule has 11 nitrogen and oxygen atoms in total. The van der Waals surface area contributed by atoms with Crippen molar-refractivity contribution in [1.82, 2.24) is 10.3 Å². The van der Waals surface area contributed by atoms with Crippen molar-refractivity contribution in [3.05, 3.63) is 106 Å². The predicted molar refractivity (Wildman–Crippen MR) is 144 cm³/mol. The molecule has 0 aliphatic heterocycles. The average Bonchev–Trinajstić information content (AvgIpc) is 3.33. The smallest absolute Gasteiger partial charge is 0.326 e. The number of carbonyl (C=O) groups is 2. The van der Waals surface area contributed by atoms with Gasteiger partial charge in [-0.05, 0) is 42.8 Å². The van der Waals surface area contributed by atoms with Crippen LogP contribution in [0.2, 0.25) is 0 Å². The molecule has 0 radical (unpaired) electrons. The normalized spacial score (nSPS) is 11.4. The number of nitrogens with zero attached hydrogens (tertiary/aromatic N) is 2. The van der Waals surface area contributed by atoms with Gasteiger partial charge in [0.1, 0.15) is 17.6 Å². The molecular weight excluding hydrogens is 518 g/mol. The molecule has 1 aromatic heterocycles. The third-order valence-corrected chi connectivity index (χ3v) is 5.94. The van der Waals surface area contributed by atoms with Crippen molar-refractivity contribution in [2.24, 2.45) is 0 Å². The first-order valence-corrected chi connectivity index (χ1v) is 12.4. The van der Waals surface area contributed by atoms with Gasteiger partial charge in [0.25, 0.3) is 5.91 Å². The maximum Gasteiger partial charge on any atom is 0.326 e. The maximum atomic E-state index is 12.3. The summed E-state index contributed by atoms with van der Waals surface area (Å²) in [5.41, 5.74) is 2.08. The number of carboxylic acid groups (broad SMARTS) is 1. The SMILES string of the molecule is Cc1oc(-c2ccccc2)nc1CCOc1ccc(CC(NC(=O)COc2ccccc2[N+](=O)[O-])C(=O)O)cc1. The number of ether oxygens (including phenoxy) is 2. The van der Waals surface area contributed by atoms with Crippen molar-refractivity contribution < 1.29 is 33.5 Å². The summed E-state index contributed by atoms with van der Waals surface area (Å²) in [6, 6.07) is 20.9. The van der Waals surface area contributed by atoms with Crippen LogP contribution in [-0.4, -0.2) is 46.1 Å². The van der Waals surface area contributed by atoms with Gasteiger partial charge in [-0.2, -0.15) is 0 Å². The number of aliphatic carboxylic acids is 1. The number of para-hydroxylation sites is 2. The van der Waals surface area contributed by atoms with E-state index >= 15 is 0 Å². The number of nitrogens with one attached hydrogen (secondary N) is 1. The lowest BCUT2D eigenvalue weighted by Crippen LogP contribution is -2.44. The fraction of sp³-hybridized carbons (Fsp3) is 0.207. The van der Waals surface area contributed by atoms with Gasteiger partial charge >= 0.3 is 11.7 Å². The molecule has 0 bridgehead atoms. The van der Waals surface area contributed by atoms with Gasteiger partial charge in [0.05, 0.1) is 17.2 Å². The van der Waals surface area contributed by atoms with Crippen LogP contribution in [0, 0.1) is 17.0 Å². The summed E-state index contributed by atoms with van der Waals surface area (Å²) in [5, 5.41) is 23.0. The molecule has 1 amide bonds. The molecule has 0 fully saturated rings. The maximum absolute atomic E-state index is 12.3. The Kier molecular flexibility index (Phi) is 9.08. The van der Waals surface area contributed by atoms with Crippen molar-refractivity contribution in [1.29, 1.82) is 0 Å². The number of nitro groups is 1. The van der Waals surface area contributed by atoms with E-state index in [4.69, 9.17) is 13.9 Å². The Morgan fingerprint density at radius 1 is 1.02 bits per heavy atom. The van der Waals surface area contributed by atoms with Gasteiger partial charge in [0.2, 0.25) is 5.89 Å². The minimum absolute atomic E-state index is 0.0211. The van der Waals surface area contributed by atoms with Gasteiger partial charge in [0, 0.05) is 24.5 Å². The molecule has 0 aliphatic carbocycles. The highest BCUT2D eigenvalue weighted by molar-refractivity contribution is 5.84. The van der Waals surface area contributed by atoms with Gasteiger partial charge in [-0.25, -0.2) is 9.78 Å². The highest BCUT2D eigenvalue weighted by atomic mass is 16.6. The molecular formula is C29H27N3O8. The molecule has 206 valence electrons. The molecule has 2 N–H and O–H groups in total. The molecule has 11 heteroatoms. The Morgan fingerprint density at radius 3 is 2.42 bits per heavy atom. The summed E-state index contributed by atoms with van der Waals surface area (Å²) in [4.78, 5) is 39.1. The van der Waals surface area contributed by atoms with Gasteiger partial charge in [0.15, 0.2) is 12.4 Å². The van der Waals surface area contributed by atoms with Crippen LogP contribution in [-0.2, 0) is 22.4 Å². The Balaban J connectivity index is 1.27. The van der Waals surface area contributed by atoms with Crippen LogP contribution in [0.5, 0.6) is 11.5 Å². The molecule has 1 atom stereocenters. The first kappa shape index (κ1) is 27.8. The first-order chi connectivity index (χ1) is 19.3. The molecule has 0 aliphatic rings. The van der Waals surface area contributed by atoms with Crippen LogP contribution in [0.25, 0.3) is 11.5 Å². The highest BCUT2D eigenvalue weighted by Crippen LogP contribution is 2.26. The number of rotatable bonds is 13. The van der Waals surface area contributed by atoms with Crippen LogP contribution in [0.1, 0.15) is 17.0 Å². The second kappa shape index (κ2) is 13.1. The molecule has 4 rings (SSSR count). The van der Waals surface area contributed by atoms with Crippen LogP contribution >= 0.6 is 0 Å². The Labute approximate surface area is 229 Å². The standard InChI is InChI=1S/C29H27N3O8/c1-19-23(31-28(40-19)21-7-3-2-4-8-21)15-16-38-22-13-11-20(12-14-22)17-24(29(34)35)30-27(33)18-39-26-10-6-5-9-25(26)32(36)37/h2-14,24H,15-18H2,1H3,(H,30,33)(H,34,35). The molecule has 3 aromatic carbocycles. The van der Waals surface area contributed by atoms with Crippen molar-refractivity contribution in [3.63, 3.8) is 0 Å². The number of hydrogen-bond acceptors (Lipinski definition) is 8. The van der Waals surface area contributed by atoms with Gasteiger partial charge < -0.3 is 24.3 Å². The number of benzene rings is 3. The summed E-state index contributed by atoms with van der Waals surface area (Å²) in [6.45, 7) is 1.66. The largest absolute Gasteiger partial charge is 0.493 e. The second-order valence-corrected chi connectivity index (χ2v) is 8.81. The number of carbonyl (C=O) groups excluding carboxylic acids is 1. The zero-order valence-corrected chi connectivity index (χ0v) is 21.6. The van der Waals surface area contributed by atoms with E-state index in [1.165, 1.54) is 24.3 Å².